The second-order valence-electron chi connectivity index (χ2n) is 10.1. The van der Waals surface area contributed by atoms with Crippen LogP contribution in [0.25, 0.3) is 10.8 Å². The normalized spacial score (nSPS) is 14.3. The molecule has 1 amide bonds. The number of hydrogen-bond acceptors (Lipinski definition) is 6. The Hall–Kier alpha value is -2.09. The van der Waals surface area contributed by atoms with E-state index in [4.69, 9.17) is 9.47 Å². The average Bonchev–Trinajstić information content (AvgIpc) is 2.84. The van der Waals surface area contributed by atoms with Crippen LogP contribution in [-0.2, 0) is 25.5 Å². The van der Waals surface area contributed by atoms with Gasteiger partial charge in [-0.1, -0.05) is 62.2 Å². The average molecular weight is 518 g/mol. The topological polar surface area (TPSA) is 84.9 Å². The summed E-state index contributed by atoms with van der Waals surface area (Å²) in [5.74, 6) is 0.243. The van der Waals surface area contributed by atoms with E-state index in [1.165, 1.54) is 0 Å². The second-order valence-corrected chi connectivity index (χ2v) is 11.1. The van der Waals surface area contributed by atoms with E-state index in [1.54, 1.807) is 11.8 Å². The van der Waals surface area contributed by atoms with Crippen molar-refractivity contribution in [3.8, 4) is 0 Å². The van der Waals surface area contributed by atoms with Gasteiger partial charge >= 0.3 is 5.97 Å². The van der Waals surface area contributed by atoms with Gasteiger partial charge < -0.3 is 19.9 Å². The molecule has 0 radical (unpaired) electrons. The van der Waals surface area contributed by atoms with Gasteiger partial charge in [-0.3, -0.25) is 4.79 Å². The zero-order valence-corrected chi connectivity index (χ0v) is 23.2. The van der Waals surface area contributed by atoms with E-state index in [9.17, 15) is 14.7 Å². The molecule has 3 atom stereocenters. The van der Waals surface area contributed by atoms with Gasteiger partial charge in [-0.15, -0.1) is 0 Å². The molecule has 200 valence electrons. The summed E-state index contributed by atoms with van der Waals surface area (Å²) >= 11 is 1.59. The lowest BCUT2D eigenvalue weighted by Gasteiger charge is -2.26. The van der Waals surface area contributed by atoms with Crippen molar-refractivity contribution < 1.29 is 24.2 Å². The van der Waals surface area contributed by atoms with Crippen LogP contribution in [-0.4, -0.2) is 59.4 Å². The number of thioether (sulfide) groups is 1. The van der Waals surface area contributed by atoms with Crippen LogP contribution in [0.5, 0.6) is 0 Å². The van der Waals surface area contributed by atoms with Gasteiger partial charge in [0.2, 0.25) is 5.91 Å². The number of ether oxygens (including phenoxy) is 2. The molecule has 0 aromatic heterocycles. The number of unbranched alkanes of at least 4 members (excludes halogenated alkanes) is 1. The molecule has 2 N–H and O–H groups in total. The van der Waals surface area contributed by atoms with Gasteiger partial charge in [0.05, 0.1) is 18.6 Å². The van der Waals surface area contributed by atoms with Crippen LogP contribution >= 0.6 is 11.8 Å². The monoisotopic (exact) mass is 517 g/mol. The highest BCUT2D eigenvalue weighted by Gasteiger charge is 2.29. The summed E-state index contributed by atoms with van der Waals surface area (Å²) in [4.78, 5) is 26.5. The highest BCUT2D eigenvalue weighted by atomic mass is 32.2. The van der Waals surface area contributed by atoms with Gasteiger partial charge in [-0.05, 0) is 56.9 Å². The smallest absolute Gasteiger partial charge is 0.329 e. The maximum Gasteiger partial charge on any atom is 0.329 e. The van der Waals surface area contributed by atoms with Crippen molar-refractivity contribution >= 4 is 34.4 Å². The lowest BCUT2D eigenvalue weighted by molar-refractivity contribution is -0.159. The number of carbonyl (C=O) groups excluding carboxylic acids is 2. The minimum atomic E-state index is -0.676. The first kappa shape index (κ1) is 30.1. The lowest BCUT2D eigenvalue weighted by Crippen LogP contribution is -2.47. The van der Waals surface area contributed by atoms with Crippen molar-refractivity contribution in [2.75, 3.05) is 24.7 Å². The maximum absolute atomic E-state index is 13.6. The molecule has 0 aliphatic rings. The zero-order valence-electron chi connectivity index (χ0n) is 22.4. The van der Waals surface area contributed by atoms with E-state index in [1.807, 2.05) is 45.9 Å². The van der Waals surface area contributed by atoms with E-state index in [0.29, 0.717) is 31.0 Å². The molecule has 0 saturated heterocycles. The quantitative estimate of drug-likeness (QED) is 0.318. The molecular formula is C29H43NO5S. The molecule has 0 spiro atoms. The molecule has 0 saturated carbocycles. The van der Waals surface area contributed by atoms with Crippen molar-refractivity contribution in [3.63, 3.8) is 0 Å². The highest BCUT2D eigenvalue weighted by Crippen LogP contribution is 2.24. The predicted octanol–water partition coefficient (Wildman–Crippen LogP) is 5.15. The number of esters is 1. The molecule has 0 heterocycles. The Bertz CT molecular complexity index is 953. The molecule has 6 nitrogen and oxygen atoms in total. The second kappa shape index (κ2) is 15.2. The summed E-state index contributed by atoms with van der Waals surface area (Å²) < 4.78 is 11.2. The number of nitrogens with one attached hydrogen (secondary N) is 1. The number of aliphatic hydroxyl groups excluding tert-OH is 1. The van der Waals surface area contributed by atoms with Gasteiger partial charge in [0, 0.05) is 18.1 Å². The van der Waals surface area contributed by atoms with E-state index in [0.717, 1.165) is 29.2 Å². The number of hydrogen-bond donors (Lipinski definition) is 2. The Labute approximate surface area is 220 Å². The van der Waals surface area contributed by atoms with Crippen LogP contribution in [0.15, 0.2) is 42.5 Å². The van der Waals surface area contributed by atoms with Gasteiger partial charge in [0.25, 0.3) is 0 Å². The molecular weight excluding hydrogens is 474 g/mol. The number of fused-ring (bicyclic) bond motifs is 1. The SMILES string of the molecule is CCCC[C@H](NC(=O)[C@@H](CSCC(CO)OCC)Cc1cccc2ccccc12)C(=O)OC(C)(C)C. The molecule has 2 aromatic carbocycles. The van der Waals surface area contributed by atoms with Crippen LogP contribution in [0.4, 0.5) is 0 Å². The molecule has 36 heavy (non-hydrogen) atoms. The Morgan fingerprint density at radius 1 is 1.06 bits per heavy atom. The predicted molar refractivity (Wildman–Crippen MR) is 148 cm³/mol. The molecule has 7 heteroatoms. The van der Waals surface area contributed by atoms with E-state index in [2.05, 4.69) is 36.5 Å². The van der Waals surface area contributed by atoms with E-state index >= 15 is 0 Å². The van der Waals surface area contributed by atoms with Gasteiger partial charge in [-0.2, -0.15) is 11.8 Å². The lowest BCUT2D eigenvalue weighted by atomic mass is 9.95. The summed E-state index contributed by atoms with van der Waals surface area (Å²) in [5.41, 5.74) is 0.475. The zero-order chi connectivity index (χ0) is 26.6. The summed E-state index contributed by atoms with van der Waals surface area (Å²) in [6, 6.07) is 13.6. The third-order valence-electron chi connectivity index (χ3n) is 5.80. The fourth-order valence-corrected chi connectivity index (χ4v) is 5.17. The summed E-state index contributed by atoms with van der Waals surface area (Å²) in [7, 11) is 0. The van der Waals surface area contributed by atoms with Crippen LogP contribution < -0.4 is 5.32 Å². The maximum atomic E-state index is 13.6. The molecule has 2 aromatic rings. The standard InChI is InChI=1S/C29H43NO5S/c1-6-8-16-26(28(33)35-29(3,4)5)30-27(32)23(19-36-20-24(18-31)34-7-2)17-22-14-11-13-21-12-9-10-15-25(21)22/h9-15,23-24,26,31H,6-8,16-20H2,1-5H3,(H,30,32)/t23-,24?,26+/m1/s1. The first-order chi connectivity index (χ1) is 17.2. The number of amides is 1. The fraction of sp³-hybridized carbons (Fsp3) is 0.586. The van der Waals surface area contributed by atoms with Crippen molar-refractivity contribution in [3.05, 3.63) is 48.0 Å². The van der Waals surface area contributed by atoms with E-state index < -0.39 is 17.6 Å². The van der Waals surface area contributed by atoms with E-state index in [-0.39, 0.29) is 24.5 Å². The van der Waals surface area contributed by atoms with Crippen molar-refractivity contribution in [1.29, 1.82) is 0 Å². The first-order valence-corrected chi connectivity index (χ1v) is 14.1. The van der Waals surface area contributed by atoms with Crippen LogP contribution in [0.3, 0.4) is 0 Å². The molecule has 2 rings (SSSR count). The number of carbonyl (C=O) groups is 2. The van der Waals surface area contributed by atoms with Crippen LogP contribution in [0.2, 0.25) is 0 Å². The Morgan fingerprint density at radius 3 is 2.44 bits per heavy atom. The highest BCUT2D eigenvalue weighted by molar-refractivity contribution is 7.99. The Balaban J connectivity index is 2.23. The fourth-order valence-electron chi connectivity index (χ4n) is 4.01. The number of rotatable bonds is 15. The Morgan fingerprint density at radius 2 is 1.78 bits per heavy atom. The van der Waals surface area contributed by atoms with Gasteiger partial charge in [0.1, 0.15) is 11.6 Å². The molecule has 0 aliphatic heterocycles. The third kappa shape index (κ3) is 10.1. The Kier molecular flexibility index (Phi) is 12.7. The van der Waals surface area contributed by atoms with Gasteiger partial charge in [-0.25, -0.2) is 4.79 Å². The summed E-state index contributed by atoms with van der Waals surface area (Å²) in [5, 5.41) is 14.8. The molecule has 0 bridgehead atoms. The third-order valence-corrected chi connectivity index (χ3v) is 7.05. The van der Waals surface area contributed by atoms with Crippen molar-refractivity contribution in [1.82, 2.24) is 5.32 Å². The van der Waals surface area contributed by atoms with Crippen LogP contribution in [0.1, 0.15) is 59.4 Å². The number of aliphatic hydroxyl groups is 1. The first-order valence-electron chi connectivity index (χ1n) is 13.0. The van der Waals surface area contributed by atoms with Gasteiger partial charge in [0.15, 0.2) is 0 Å². The minimum Gasteiger partial charge on any atom is -0.458 e. The van der Waals surface area contributed by atoms with Crippen LogP contribution in [0, 0.1) is 5.92 Å². The molecule has 0 aliphatic carbocycles. The minimum absolute atomic E-state index is 0.0568. The molecule has 0 fully saturated rings. The summed E-state index contributed by atoms with van der Waals surface area (Å²) in [6.45, 7) is 9.93. The van der Waals surface area contributed by atoms with Crippen molar-refractivity contribution in [2.24, 2.45) is 5.92 Å². The number of benzene rings is 2. The summed E-state index contributed by atoms with van der Waals surface area (Å²) in [6.07, 6.45) is 2.57. The van der Waals surface area contributed by atoms with Crippen molar-refractivity contribution in [2.45, 2.75) is 78.0 Å². The largest absolute Gasteiger partial charge is 0.458 e. The molecule has 1 unspecified atom stereocenters.